The fourth-order valence-corrected chi connectivity index (χ4v) is 1.94. The van der Waals surface area contributed by atoms with Gasteiger partial charge < -0.3 is 11.1 Å². The molecule has 3 nitrogen and oxygen atoms in total. The van der Waals surface area contributed by atoms with E-state index in [4.69, 9.17) is 5.73 Å². The van der Waals surface area contributed by atoms with Crippen LogP contribution in [0.1, 0.15) is 20.3 Å². The molecule has 0 aliphatic carbocycles. The summed E-state index contributed by atoms with van der Waals surface area (Å²) in [5.41, 5.74) is 5.66. The maximum absolute atomic E-state index is 10.9. The predicted molar refractivity (Wildman–Crippen MR) is 48.5 cm³/mol. The highest BCUT2D eigenvalue weighted by Gasteiger charge is 2.29. The van der Waals surface area contributed by atoms with Crippen LogP contribution < -0.4 is 11.1 Å². The quantitative estimate of drug-likeness (QED) is 0.642. The zero-order valence-corrected chi connectivity index (χ0v) is 7.84. The lowest BCUT2D eigenvalue weighted by molar-refractivity contribution is -0.119. The first-order valence-corrected chi connectivity index (χ1v) is 4.62. The number of carbonyl (C=O) groups excluding carboxylic acids is 1. The van der Waals surface area contributed by atoms with Crippen LogP contribution in [0.15, 0.2) is 0 Å². The standard InChI is InChI=1S/C9H18N2O/c1-6(2)8(4-10)7-3-9(12)11-5-7/h6-8H,3-5,10H2,1-2H3,(H,11,12). The first-order valence-electron chi connectivity index (χ1n) is 4.62. The molecule has 0 bridgehead atoms. The lowest BCUT2D eigenvalue weighted by atomic mass is 9.83. The summed E-state index contributed by atoms with van der Waals surface area (Å²) in [6.07, 6.45) is 0.667. The maximum Gasteiger partial charge on any atom is 0.220 e. The van der Waals surface area contributed by atoms with Gasteiger partial charge in [0.2, 0.25) is 5.91 Å². The van der Waals surface area contributed by atoms with Crippen LogP contribution in [0.3, 0.4) is 0 Å². The van der Waals surface area contributed by atoms with Gasteiger partial charge in [-0.2, -0.15) is 0 Å². The van der Waals surface area contributed by atoms with Gasteiger partial charge in [-0.15, -0.1) is 0 Å². The van der Waals surface area contributed by atoms with E-state index in [0.717, 1.165) is 6.54 Å². The van der Waals surface area contributed by atoms with Crippen LogP contribution in [0.4, 0.5) is 0 Å². The highest BCUT2D eigenvalue weighted by atomic mass is 16.1. The predicted octanol–water partition coefficient (Wildman–Crippen LogP) is 0.353. The summed E-state index contributed by atoms with van der Waals surface area (Å²) in [7, 11) is 0. The monoisotopic (exact) mass is 170 g/mol. The number of amides is 1. The Morgan fingerprint density at radius 1 is 1.67 bits per heavy atom. The molecule has 0 radical (unpaired) electrons. The number of hydrogen-bond donors (Lipinski definition) is 2. The highest BCUT2D eigenvalue weighted by molar-refractivity contribution is 5.78. The van der Waals surface area contributed by atoms with E-state index in [9.17, 15) is 4.79 Å². The smallest absolute Gasteiger partial charge is 0.220 e. The summed E-state index contributed by atoms with van der Waals surface area (Å²) in [6.45, 7) is 5.84. The van der Waals surface area contributed by atoms with Crippen molar-refractivity contribution in [2.45, 2.75) is 20.3 Å². The molecule has 1 heterocycles. The van der Waals surface area contributed by atoms with Gasteiger partial charge in [0.25, 0.3) is 0 Å². The van der Waals surface area contributed by atoms with E-state index in [1.54, 1.807) is 0 Å². The van der Waals surface area contributed by atoms with E-state index < -0.39 is 0 Å². The van der Waals surface area contributed by atoms with Crippen molar-refractivity contribution in [2.24, 2.45) is 23.5 Å². The van der Waals surface area contributed by atoms with Crippen molar-refractivity contribution in [1.29, 1.82) is 0 Å². The molecule has 1 fully saturated rings. The Kier molecular flexibility index (Phi) is 3.09. The van der Waals surface area contributed by atoms with Gasteiger partial charge in [-0.1, -0.05) is 13.8 Å². The Morgan fingerprint density at radius 3 is 2.67 bits per heavy atom. The Bertz CT molecular complexity index is 168. The second-order valence-corrected chi connectivity index (χ2v) is 3.91. The molecular weight excluding hydrogens is 152 g/mol. The summed E-state index contributed by atoms with van der Waals surface area (Å²) in [5.74, 6) is 1.71. The van der Waals surface area contributed by atoms with Crippen molar-refractivity contribution in [3.05, 3.63) is 0 Å². The van der Waals surface area contributed by atoms with Gasteiger partial charge >= 0.3 is 0 Å². The Balaban J connectivity index is 2.49. The van der Waals surface area contributed by atoms with Crippen molar-refractivity contribution in [2.75, 3.05) is 13.1 Å². The van der Waals surface area contributed by atoms with Gasteiger partial charge in [0, 0.05) is 13.0 Å². The molecular formula is C9H18N2O. The molecule has 1 amide bonds. The molecule has 0 spiro atoms. The summed E-state index contributed by atoms with van der Waals surface area (Å²) in [4.78, 5) is 10.9. The molecule has 3 N–H and O–H groups in total. The summed E-state index contributed by atoms with van der Waals surface area (Å²) < 4.78 is 0. The summed E-state index contributed by atoms with van der Waals surface area (Å²) in [6, 6.07) is 0. The van der Waals surface area contributed by atoms with E-state index in [0.29, 0.717) is 30.7 Å². The van der Waals surface area contributed by atoms with Gasteiger partial charge in [0.05, 0.1) is 0 Å². The molecule has 0 aromatic rings. The molecule has 1 aliphatic rings. The van der Waals surface area contributed by atoms with Crippen molar-refractivity contribution in [3.63, 3.8) is 0 Å². The van der Waals surface area contributed by atoms with E-state index in [1.807, 2.05) is 0 Å². The Hall–Kier alpha value is -0.570. The Morgan fingerprint density at radius 2 is 2.33 bits per heavy atom. The summed E-state index contributed by atoms with van der Waals surface area (Å²) >= 11 is 0. The molecule has 0 aromatic carbocycles. The molecule has 2 atom stereocenters. The molecule has 3 heteroatoms. The van der Waals surface area contributed by atoms with Crippen LogP contribution >= 0.6 is 0 Å². The fourth-order valence-electron chi connectivity index (χ4n) is 1.94. The number of rotatable bonds is 3. The molecule has 1 saturated heterocycles. The lowest BCUT2D eigenvalue weighted by Crippen LogP contribution is -2.29. The van der Waals surface area contributed by atoms with Crippen molar-refractivity contribution in [3.8, 4) is 0 Å². The molecule has 0 saturated carbocycles. The van der Waals surface area contributed by atoms with Gasteiger partial charge in [-0.3, -0.25) is 4.79 Å². The third kappa shape index (κ3) is 1.97. The van der Waals surface area contributed by atoms with Crippen LogP contribution in [0.2, 0.25) is 0 Å². The summed E-state index contributed by atoms with van der Waals surface area (Å²) in [5, 5.41) is 2.84. The molecule has 1 aliphatic heterocycles. The van der Waals surface area contributed by atoms with Gasteiger partial charge in [-0.25, -0.2) is 0 Å². The molecule has 1 rings (SSSR count). The van der Waals surface area contributed by atoms with E-state index in [1.165, 1.54) is 0 Å². The van der Waals surface area contributed by atoms with Crippen LogP contribution in [-0.2, 0) is 4.79 Å². The topological polar surface area (TPSA) is 55.1 Å². The average molecular weight is 170 g/mol. The number of nitrogens with two attached hydrogens (primary N) is 1. The van der Waals surface area contributed by atoms with Crippen LogP contribution in [-0.4, -0.2) is 19.0 Å². The lowest BCUT2D eigenvalue weighted by Gasteiger charge is -2.23. The zero-order chi connectivity index (χ0) is 9.14. The van der Waals surface area contributed by atoms with Crippen molar-refractivity contribution >= 4 is 5.91 Å². The minimum absolute atomic E-state index is 0.180. The zero-order valence-electron chi connectivity index (χ0n) is 7.84. The number of carbonyl (C=O) groups is 1. The van der Waals surface area contributed by atoms with Crippen molar-refractivity contribution in [1.82, 2.24) is 5.32 Å². The molecule has 12 heavy (non-hydrogen) atoms. The third-order valence-electron chi connectivity index (χ3n) is 2.74. The first-order chi connectivity index (χ1) is 5.65. The molecule has 70 valence electrons. The van der Waals surface area contributed by atoms with Crippen molar-refractivity contribution < 1.29 is 4.79 Å². The van der Waals surface area contributed by atoms with Crippen LogP contribution in [0.25, 0.3) is 0 Å². The van der Waals surface area contributed by atoms with Gasteiger partial charge in [0.15, 0.2) is 0 Å². The normalized spacial score (nSPS) is 26.0. The molecule has 2 unspecified atom stereocenters. The SMILES string of the molecule is CC(C)C(CN)C1CNC(=O)C1. The number of hydrogen-bond acceptors (Lipinski definition) is 2. The van der Waals surface area contributed by atoms with E-state index in [2.05, 4.69) is 19.2 Å². The second-order valence-electron chi connectivity index (χ2n) is 3.91. The van der Waals surface area contributed by atoms with Crippen LogP contribution in [0.5, 0.6) is 0 Å². The van der Waals surface area contributed by atoms with Gasteiger partial charge in [-0.05, 0) is 24.3 Å². The number of nitrogens with one attached hydrogen (secondary N) is 1. The molecule has 0 aromatic heterocycles. The van der Waals surface area contributed by atoms with Crippen LogP contribution in [0, 0.1) is 17.8 Å². The van der Waals surface area contributed by atoms with Gasteiger partial charge in [0.1, 0.15) is 0 Å². The second kappa shape index (κ2) is 3.90. The Labute approximate surface area is 73.7 Å². The first kappa shape index (κ1) is 9.52. The maximum atomic E-state index is 10.9. The fraction of sp³-hybridized carbons (Fsp3) is 0.889. The van der Waals surface area contributed by atoms with E-state index in [-0.39, 0.29) is 5.91 Å². The minimum atomic E-state index is 0.180. The highest BCUT2D eigenvalue weighted by Crippen LogP contribution is 2.25. The minimum Gasteiger partial charge on any atom is -0.356 e. The largest absolute Gasteiger partial charge is 0.356 e. The average Bonchev–Trinajstić information content (AvgIpc) is 2.37. The third-order valence-corrected chi connectivity index (χ3v) is 2.74. The van der Waals surface area contributed by atoms with E-state index >= 15 is 0 Å².